The lowest BCUT2D eigenvalue weighted by atomic mass is 10.00. The van der Waals surface area contributed by atoms with Gasteiger partial charge in [-0.1, -0.05) is 30.1 Å². The van der Waals surface area contributed by atoms with Crippen molar-refractivity contribution >= 4 is 29.2 Å². The molecule has 1 saturated heterocycles. The molecule has 0 unspecified atom stereocenters. The predicted molar refractivity (Wildman–Crippen MR) is 84.5 cm³/mol. The van der Waals surface area contributed by atoms with Gasteiger partial charge < -0.3 is 20.1 Å². The normalized spacial score (nSPS) is 21.0. The molecule has 0 aromatic carbocycles. The Balaban J connectivity index is 1.71. The molecule has 0 aliphatic carbocycles. The van der Waals surface area contributed by atoms with E-state index in [4.69, 9.17) is 27.9 Å². The van der Waals surface area contributed by atoms with Crippen LogP contribution in [0.25, 0.3) is 0 Å². The molecule has 22 heavy (non-hydrogen) atoms. The van der Waals surface area contributed by atoms with E-state index in [1.54, 1.807) is 11.0 Å². The minimum absolute atomic E-state index is 0.106. The number of nitrogens with zero attached hydrogens (tertiary/aromatic N) is 2. The van der Waals surface area contributed by atoms with Gasteiger partial charge in [0.2, 0.25) is 5.88 Å². The monoisotopic (exact) mass is 347 g/mol. The number of rotatable bonds is 5. The van der Waals surface area contributed by atoms with E-state index in [0.717, 1.165) is 0 Å². The van der Waals surface area contributed by atoms with Crippen LogP contribution in [0, 0.1) is 11.8 Å². The van der Waals surface area contributed by atoms with Crippen molar-refractivity contribution in [1.82, 2.24) is 15.2 Å². The van der Waals surface area contributed by atoms with Gasteiger partial charge >= 0.3 is 6.03 Å². The zero-order valence-corrected chi connectivity index (χ0v) is 13.8. The van der Waals surface area contributed by atoms with E-state index in [1.807, 2.05) is 6.92 Å². The lowest BCUT2D eigenvalue weighted by Gasteiger charge is -2.17. The van der Waals surface area contributed by atoms with Crippen LogP contribution in [0.15, 0.2) is 12.3 Å². The number of amides is 2. The molecule has 2 N–H and O–H groups in total. The maximum absolute atomic E-state index is 12.0. The minimum atomic E-state index is -0.151. The lowest BCUT2D eigenvalue weighted by Crippen LogP contribution is -2.40. The Kier molecular flexibility index (Phi) is 6.11. The summed E-state index contributed by atoms with van der Waals surface area (Å²) in [6.07, 6.45) is 1.45. The van der Waals surface area contributed by atoms with Crippen molar-refractivity contribution in [2.45, 2.75) is 6.92 Å². The van der Waals surface area contributed by atoms with Crippen molar-refractivity contribution in [3.63, 3.8) is 0 Å². The van der Waals surface area contributed by atoms with Crippen molar-refractivity contribution in [2.75, 3.05) is 32.8 Å². The van der Waals surface area contributed by atoms with Crippen LogP contribution >= 0.6 is 23.2 Å². The number of hydrogen-bond donors (Lipinski definition) is 2. The Bertz CT molecular complexity index is 530. The van der Waals surface area contributed by atoms with Crippen LogP contribution in [0.4, 0.5) is 4.79 Å². The number of pyridine rings is 1. The summed E-state index contributed by atoms with van der Waals surface area (Å²) in [4.78, 5) is 17.7. The molecule has 2 rings (SSSR count). The number of carbonyl (C=O) groups excluding carboxylic acids is 1. The predicted octanol–water partition coefficient (Wildman–Crippen LogP) is 2.04. The molecule has 0 bridgehead atoms. The number of halogens is 2. The Morgan fingerprint density at radius 3 is 2.95 bits per heavy atom. The number of aliphatic hydroxyl groups is 1. The van der Waals surface area contributed by atoms with Gasteiger partial charge in [0.25, 0.3) is 0 Å². The molecule has 1 aliphatic rings. The van der Waals surface area contributed by atoms with Crippen molar-refractivity contribution in [3.8, 4) is 5.88 Å². The second-order valence-corrected chi connectivity index (χ2v) is 6.19. The Morgan fingerprint density at radius 2 is 2.32 bits per heavy atom. The number of hydrogen-bond acceptors (Lipinski definition) is 4. The van der Waals surface area contributed by atoms with Crippen LogP contribution in [0.2, 0.25) is 10.0 Å². The largest absolute Gasteiger partial charge is 0.475 e. The third kappa shape index (κ3) is 4.38. The fourth-order valence-corrected chi connectivity index (χ4v) is 2.80. The average molecular weight is 348 g/mol. The molecule has 1 aliphatic heterocycles. The van der Waals surface area contributed by atoms with Gasteiger partial charge in [-0.3, -0.25) is 0 Å². The summed E-state index contributed by atoms with van der Waals surface area (Å²) in [5.74, 6) is 0.749. The van der Waals surface area contributed by atoms with Gasteiger partial charge in [-0.05, 0) is 12.0 Å². The van der Waals surface area contributed by atoms with Crippen LogP contribution in [-0.2, 0) is 0 Å². The molecular formula is C14H19Cl2N3O3. The molecule has 1 aromatic rings. The van der Waals surface area contributed by atoms with E-state index in [1.165, 1.54) is 6.20 Å². The van der Waals surface area contributed by atoms with Crippen molar-refractivity contribution < 1.29 is 14.6 Å². The molecule has 1 aromatic heterocycles. The molecule has 2 heterocycles. The van der Waals surface area contributed by atoms with E-state index in [0.29, 0.717) is 35.6 Å². The number of aromatic nitrogens is 1. The van der Waals surface area contributed by atoms with Gasteiger partial charge in [0.15, 0.2) is 0 Å². The topological polar surface area (TPSA) is 74.7 Å². The number of aliphatic hydroxyl groups excluding tert-OH is 1. The van der Waals surface area contributed by atoms with E-state index in [9.17, 15) is 9.90 Å². The standard InChI is InChI=1S/C14H19Cl2N3O3/c1-9-6-19(7-10(9)8-20)14(21)17-2-3-22-13-12(16)4-11(15)5-18-13/h4-5,9-10,20H,2-3,6-8H2,1H3,(H,17,21)/t9-,10+/m1/s1. The number of nitrogens with one attached hydrogen (secondary N) is 1. The first-order chi connectivity index (χ1) is 10.5. The molecule has 0 spiro atoms. The van der Waals surface area contributed by atoms with E-state index >= 15 is 0 Å². The summed E-state index contributed by atoms with van der Waals surface area (Å²) in [6, 6.07) is 1.39. The number of likely N-dealkylation sites (tertiary alicyclic amines) is 1. The molecule has 122 valence electrons. The van der Waals surface area contributed by atoms with E-state index in [-0.39, 0.29) is 31.0 Å². The Morgan fingerprint density at radius 1 is 1.55 bits per heavy atom. The number of ether oxygens (including phenoxy) is 1. The maximum Gasteiger partial charge on any atom is 0.317 e. The highest BCUT2D eigenvalue weighted by Crippen LogP contribution is 2.24. The molecule has 2 atom stereocenters. The first-order valence-electron chi connectivity index (χ1n) is 7.08. The zero-order chi connectivity index (χ0) is 16.1. The van der Waals surface area contributed by atoms with Gasteiger partial charge in [0.05, 0.1) is 11.6 Å². The molecule has 2 amide bonds. The fraction of sp³-hybridized carbons (Fsp3) is 0.571. The van der Waals surface area contributed by atoms with Gasteiger partial charge in [-0.25, -0.2) is 9.78 Å². The first-order valence-corrected chi connectivity index (χ1v) is 7.84. The number of urea groups is 1. The smallest absolute Gasteiger partial charge is 0.317 e. The van der Waals surface area contributed by atoms with E-state index in [2.05, 4.69) is 10.3 Å². The molecule has 6 nitrogen and oxygen atoms in total. The SMILES string of the molecule is C[C@@H]1CN(C(=O)NCCOc2ncc(Cl)cc2Cl)C[C@H]1CO. The molecule has 0 saturated carbocycles. The number of carbonyl (C=O) groups is 1. The summed E-state index contributed by atoms with van der Waals surface area (Å²) in [6.45, 7) is 3.97. The van der Waals surface area contributed by atoms with E-state index < -0.39 is 0 Å². The summed E-state index contributed by atoms with van der Waals surface area (Å²) in [5.41, 5.74) is 0. The quantitative estimate of drug-likeness (QED) is 0.799. The molecule has 8 heteroatoms. The van der Waals surface area contributed by atoms with Crippen molar-refractivity contribution in [2.24, 2.45) is 11.8 Å². The average Bonchev–Trinajstić information content (AvgIpc) is 2.86. The molecule has 1 fully saturated rings. The summed E-state index contributed by atoms with van der Waals surface area (Å²) in [7, 11) is 0. The van der Waals surface area contributed by atoms with Crippen LogP contribution in [0.3, 0.4) is 0 Å². The molecular weight excluding hydrogens is 329 g/mol. The first kappa shape index (κ1) is 17.1. The van der Waals surface area contributed by atoms with Gasteiger partial charge in [0, 0.05) is 31.8 Å². The summed E-state index contributed by atoms with van der Waals surface area (Å²) >= 11 is 11.7. The second-order valence-electron chi connectivity index (χ2n) is 5.35. The Labute approximate surface area is 139 Å². The van der Waals surface area contributed by atoms with Crippen LogP contribution in [0.5, 0.6) is 5.88 Å². The third-order valence-electron chi connectivity index (χ3n) is 3.68. The fourth-order valence-electron chi connectivity index (χ4n) is 2.36. The minimum Gasteiger partial charge on any atom is -0.475 e. The summed E-state index contributed by atoms with van der Waals surface area (Å²) < 4.78 is 5.39. The van der Waals surface area contributed by atoms with Crippen LogP contribution in [-0.4, -0.2) is 53.9 Å². The van der Waals surface area contributed by atoms with Crippen molar-refractivity contribution in [3.05, 3.63) is 22.3 Å². The highest BCUT2D eigenvalue weighted by Gasteiger charge is 2.31. The van der Waals surface area contributed by atoms with Crippen LogP contribution < -0.4 is 10.1 Å². The highest BCUT2D eigenvalue weighted by atomic mass is 35.5. The highest BCUT2D eigenvalue weighted by molar-refractivity contribution is 6.35. The second kappa shape index (κ2) is 7.85. The maximum atomic E-state index is 12.0. The van der Waals surface area contributed by atoms with Gasteiger partial charge in [0.1, 0.15) is 11.6 Å². The summed E-state index contributed by atoms with van der Waals surface area (Å²) in [5, 5.41) is 12.8. The zero-order valence-electron chi connectivity index (χ0n) is 12.3. The van der Waals surface area contributed by atoms with Crippen molar-refractivity contribution in [1.29, 1.82) is 0 Å². The molecule has 0 radical (unpaired) electrons. The van der Waals surface area contributed by atoms with Gasteiger partial charge in [-0.2, -0.15) is 0 Å². The Hall–Kier alpha value is -1.24. The lowest BCUT2D eigenvalue weighted by molar-refractivity contribution is 0.193. The van der Waals surface area contributed by atoms with Gasteiger partial charge in [-0.15, -0.1) is 0 Å². The third-order valence-corrected chi connectivity index (χ3v) is 4.16. The van der Waals surface area contributed by atoms with Crippen LogP contribution in [0.1, 0.15) is 6.92 Å².